The zero-order chi connectivity index (χ0) is 22.7. The molecule has 0 amide bonds. The minimum absolute atomic E-state index is 0.976. The maximum atomic E-state index is 5.12. The van der Waals surface area contributed by atoms with Gasteiger partial charge in [0.1, 0.15) is 5.65 Å². The Labute approximate surface area is 201 Å². The van der Waals surface area contributed by atoms with Crippen molar-refractivity contribution in [3.63, 3.8) is 0 Å². The van der Waals surface area contributed by atoms with E-state index in [1.165, 1.54) is 60.7 Å². The summed E-state index contributed by atoms with van der Waals surface area (Å²) in [5.74, 6) is 0. The lowest BCUT2D eigenvalue weighted by Gasteiger charge is -2.13. The molecule has 35 heavy (non-hydrogen) atoms. The molecule has 0 unspecified atom stereocenters. The second kappa shape index (κ2) is 6.13. The van der Waals surface area contributed by atoms with Crippen molar-refractivity contribution in [3.05, 3.63) is 114 Å². The number of hydrogen-bond donors (Lipinski definition) is 0. The second-order valence-corrected chi connectivity index (χ2v) is 9.85. The molecule has 0 saturated heterocycles. The van der Waals surface area contributed by atoms with Crippen LogP contribution in [-0.4, -0.2) is 14.4 Å². The van der Waals surface area contributed by atoms with Crippen LogP contribution >= 0.6 is 0 Å². The molecule has 0 spiro atoms. The molecule has 0 saturated carbocycles. The number of rotatable bonds is 0. The van der Waals surface area contributed by atoms with Crippen LogP contribution in [0.15, 0.2) is 91.3 Å². The summed E-state index contributed by atoms with van der Waals surface area (Å²) in [5.41, 5.74) is 15.6. The maximum absolute atomic E-state index is 5.12. The molecule has 0 atom stereocenters. The summed E-state index contributed by atoms with van der Waals surface area (Å²) in [6.45, 7) is 0. The van der Waals surface area contributed by atoms with Crippen LogP contribution < -0.4 is 0 Å². The van der Waals surface area contributed by atoms with Gasteiger partial charge in [0, 0.05) is 17.0 Å². The predicted molar refractivity (Wildman–Crippen MR) is 142 cm³/mol. The Bertz CT molecular complexity index is 2060. The third kappa shape index (κ3) is 2.17. The van der Waals surface area contributed by atoms with Crippen molar-refractivity contribution >= 4 is 38.4 Å². The number of benzene rings is 4. The van der Waals surface area contributed by atoms with E-state index in [1.54, 1.807) is 0 Å². The Balaban J connectivity index is 1.45. The van der Waals surface area contributed by atoms with Crippen LogP contribution in [0.3, 0.4) is 0 Å². The van der Waals surface area contributed by atoms with Crippen LogP contribution in [0.1, 0.15) is 22.3 Å². The van der Waals surface area contributed by atoms with E-state index in [0.29, 0.717) is 0 Å². The molecule has 0 aliphatic heterocycles. The molecule has 0 radical (unpaired) electrons. The normalized spacial score (nSPS) is 13.5. The Morgan fingerprint density at radius 2 is 1.40 bits per heavy atom. The fraction of sp³-hybridized carbons (Fsp3) is 0.0625. The lowest BCUT2D eigenvalue weighted by molar-refractivity contribution is 1.23. The molecule has 2 aliphatic carbocycles. The quantitative estimate of drug-likeness (QED) is 0.229. The Kier molecular flexibility index (Phi) is 3.14. The molecule has 3 nitrogen and oxygen atoms in total. The highest BCUT2D eigenvalue weighted by molar-refractivity contribution is 6.15. The van der Waals surface area contributed by atoms with Crippen LogP contribution in [0, 0.1) is 0 Å². The van der Waals surface area contributed by atoms with Gasteiger partial charge >= 0.3 is 0 Å². The van der Waals surface area contributed by atoms with Gasteiger partial charge in [0.25, 0.3) is 0 Å². The first-order chi connectivity index (χ1) is 17.3. The molecule has 7 aromatic rings. The lowest BCUT2D eigenvalue weighted by atomic mass is 9.92. The van der Waals surface area contributed by atoms with Gasteiger partial charge in [0.15, 0.2) is 0 Å². The van der Waals surface area contributed by atoms with Gasteiger partial charge in [-0.25, -0.2) is 4.98 Å². The largest absolute Gasteiger partial charge is 0.290 e. The predicted octanol–water partition coefficient (Wildman–Crippen LogP) is 7.33. The monoisotopic (exact) mass is 445 g/mol. The van der Waals surface area contributed by atoms with E-state index < -0.39 is 0 Å². The molecule has 2 aliphatic rings. The van der Waals surface area contributed by atoms with Gasteiger partial charge in [0.2, 0.25) is 0 Å². The SMILES string of the molecule is c1ccc2c(c1)Cc1ccc3c(c1-2)-c1cc2c(cc1C3)c1ccncc1n1c3ccccc3nc21. The first-order valence-corrected chi connectivity index (χ1v) is 12.2. The van der Waals surface area contributed by atoms with Gasteiger partial charge in [-0.05, 0) is 93.1 Å². The highest BCUT2D eigenvalue weighted by atomic mass is 15.0. The van der Waals surface area contributed by atoms with Gasteiger partial charge in [-0.2, -0.15) is 0 Å². The van der Waals surface area contributed by atoms with Crippen LogP contribution in [0.25, 0.3) is 60.6 Å². The molecular weight excluding hydrogens is 426 g/mol. The van der Waals surface area contributed by atoms with E-state index in [1.807, 2.05) is 12.4 Å². The molecule has 3 heterocycles. The highest BCUT2D eigenvalue weighted by Gasteiger charge is 2.29. The van der Waals surface area contributed by atoms with Crippen LogP contribution in [-0.2, 0) is 12.8 Å². The van der Waals surface area contributed by atoms with E-state index in [4.69, 9.17) is 4.98 Å². The van der Waals surface area contributed by atoms with Gasteiger partial charge in [-0.15, -0.1) is 0 Å². The average Bonchev–Trinajstić information content (AvgIpc) is 3.58. The second-order valence-electron chi connectivity index (χ2n) is 9.85. The van der Waals surface area contributed by atoms with E-state index in [0.717, 1.165) is 35.0 Å². The van der Waals surface area contributed by atoms with Gasteiger partial charge < -0.3 is 0 Å². The summed E-state index contributed by atoms with van der Waals surface area (Å²) in [5, 5.41) is 3.68. The first kappa shape index (κ1) is 17.9. The highest BCUT2D eigenvalue weighted by Crippen LogP contribution is 2.50. The van der Waals surface area contributed by atoms with Gasteiger partial charge in [-0.3, -0.25) is 9.38 Å². The Hall–Kier alpha value is -4.50. The zero-order valence-electron chi connectivity index (χ0n) is 18.9. The van der Waals surface area contributed by atoms with Crippen molar-refractivity contribution in [2.75, 3.05) is 0 Å². The molecule has 0 bridgehead atoms. The standard InChI is InChI=1S/C32H19N3/c1-2-6-22-18(5-1)13-19-9-10-20-14-21-15-25-23-11-12-33-17-29(23)35-28-8-4-3-7-27(28)34-32(35)26(25)16-24(21)31(20)30(19)22/h1-12,15-17H,13-14H2. The molecule has 0 N–H and O–H groups in total. The summed E-state index contributed by atoms with van der Waals surface area (Å²) in [6, 6.07) is 29.0. The van der Waals surface area contributed by atoms with E-state index in [2.05, 4.69) is 88.2 Å². The third-order valence-corrected chi connectivity index (χ3v) is 8.07. The van der Waals surface area contributed by atoms with Gasteiger partial charge in [0.05, 0.1) is 22.7 Å². The van der Waals surface area contributed by atoms with E-state index in [-0.39, 0.29) is 0 Å². The maximum Gasteiger partial charge on any atom is 0.146 e. The number of pyridine rings is 2. The van der Waals surface area contributed by atoms with Crippen molar-refractivity contribution in [2.24, 2.45) is 0 Å². The lowest BCUT2D eigenvalue weighted by Crippen LogP contribution is -1.93. The van der Waals surface area contributed by atoms with Crippen molar-refractivity contribution < 1.29 is 0 Å². The summed E-state index contributed by atoms with van der Waals surface area (Å²) in [4.78, 5) is 9.59. The molecule has 3 heteroatoms. The number of nitrogens with zero attached hydrogens (tertiary/aromatic N) is 3. The summed E-state index contributed by atoms with van der Waals surface area (Å²) in [7, 11) is 0. The summed E-state index contributed by atoms with van der Waals surface area (Å²) >= 11 is 0. The smallest absolute Gasteiger partial charge is 0.146 e. The van der Waals surface area contributed by atoms with Crippen molar-refractivity contribution in [1.82, 2.24) is 14.4 Å². The number of imidazole rings is 1. The van der Waals surface area contributed by atoms with Crippen molar-refractivity contribution in [3.8, 4) is 22.3 Å². The van der Waals surface area contributed by atoms with Crippen molar-refractivity contribution in [2.45, 2.75) is 12.8 Å². The number of aromatic nitrogens is 3. The van der Waals surface area contributed by atoms with Gasteiger partial charge in [-0.1, -0.05) is 48.5 Å². The number of para-hydroxylation sites is 2. The van der Waals surface area contributed by atoms with E-state index in [9.17, 15) is 0 Å². The molecule has 4 aromatic carbocycles. The minimum atomic E-state index is 0.976. The number of hydrogen-bond acceptors (Lipinski definition) is 2. The van der Waals surface area contributed by atoms with Crippen LogP contribution in [0.4, 0.5) is 0 Å². The Morgan fingerprint density at radius 3 is 2.34 bits per heavy atom. The van der Waals surface area contributed by atoms with E-state index >= 15 is 0 Å². The minimum Gasteiger partial charge on any atom is -0.290 e. The third-order valence-electron chi connectivity index (χ3n) is 8.07. The molecular formula is C32H19N3. The fourth-order valence-corrected chi connectivity index (χ4v) is 6.60. The summed E-state index contributed by atoms with van der Waals surface area (Å²) in [6.07, 6.45) is 5.87. The molecule has 9 rings (SSSR count). The molecule has 162 valence electrons. The van der Waals surface area contributed by atoms with Crippen LogP contribution in [0.5, 0.6) is 0 Å². The number of fused-ring (bicyclic) bond motifs is 15. The molecule has 3 aromatic heterocycles. The fourth-order valence-electron chi connectivity index (χ4n) is 6.60. The average molecular weight is 446 g/mol. The first-order valence-electron chi connectivity index (χ1n) is 12.2. The summed E-state index contributed by atoms with van der Waals surface area (Å²) < 4.78 is 2.28. The van der Waals surface area contributed by atoms with Crippen molar-refractivity contribution in [1.29, 1.82) is 0 Å². The Morgan fingerprint density at radius 1 is 0.600 bits per heavy atom. The zero-order valence-corrected chi connectivity index (χ0v) is 18.9. The topological polar surface area (TPSA) is 30.2 Å². The van der Waals surface area contributed by atoms with Crippen LogP contribution in [0.2, 0.25) is 0 Å². The molecule has 0 fully saturated rings.